The first-order valence-corrected chi connectivity index (χ1v) is 14.0. The van der Waals surface area contributed by atoms with Crippen LogP contribution in [0.15, 0.2) is 72.9 Å². The fourth-order valence-corrected chi connectivity index (χ4v) is 5.74. The van der Waals surface area contributed by atoms with Crippen LogP contribution in [0.3, 0.4) is 0 Å². The third-order valence-electron chi connectivity index (χ3n) is 7.88. The lowest BCUT2D eigenvalue weighted by atomic mass is 9.93. The van der Waals surface area contributed by atoms with Gasteiger partial charge in [0.15, 0.2) is 0 Å². The Morgan fingerprint density at radius 3 is 2.60 bits per heavy atom. The quantitative estimate of drug-likeness (QED) is 0.297. The first-order chi connectivity index (χ1) is 19.4. The number of rotatable bonds is 9. The first kappa shape index (κ1) is 27.4. The maximum absolute atomic E-state index is 13.3. The molecule has 0 spiro atoms. The molecule has 2 aromatic heterocycles. The number of carbonyl (C=O) groups excluding carboxylic acids is 2. The van der Waals surface area contributed by atoms with E-state index >= 15 is 0 Å². The zero-order chi connectivity index (χ0) is 28.1. The molecule has 2 aromatic carbocycles. The number of aryl methyl sites for hydroxylation is 1. The summed E-state index contributed by atoms with van der Waals surface area (Å²) in [5, 5.41) is 3.89. The van der Waals surface area contributed by atoms with Crippen molar-refractivity contribution in [1.82, 2.24) is 19.8 Å². The number of likely N-dealkylation sites (tertiary alicyclic amines) is 1. The Morgan fingerprint density at radius 2 is 1.85 bits per heavy atom. The summed E-state index contributed by atoms with van der Waals surface area (Å²) < 4.78 is 2.26. The number of piperidine rings is 1. The van der Waals surface area contributed by atoms with Gasteiger partial charge in [-0.1, -0.05) is 42.5 Å². The van der Waals surface area contributed by atoms with Gasteiger partial charge in [-0.2, -0.15) is 0 Å². The van der Waals surface area contributed by atoms with Crippen LogP contribution >= 0.6 is 0 Å². The van der Waals surface area contributed by atoms with Crippen LogP contribution in [0.2, 0.25) is 0 Å². The number of hydrogen-bond acceptors (Lipinski definition) is 5. The molecule has 0 bridgehead atoms. The van der Waals surface area contributed by atoms with Gasteiger partial charge in [0, 0.05) is 74.5 Å². The lowest BCUT2D eigenvalue weighted by Crippen LogP contribution is -2.42. The monoisotopic (exact) mass is 538 g/mol. The number of para-hydroxylation sites is 1. The van der Waals surface area contributed by atoms with Gasteiger partial charge in [0.05, 0.1) is 0 Å². The highest BCUT2D eigenvalue weighted by Crippen LogP contribution is 2.32. The number of pyridine rings is 1. The number of hydrogen-bond donors (Lipinski definition) is 3. The number of benzene rings is 2. The van der Waals surface area contributed by atoms with Gasteiger partial charge < -0.3 is 26.3 Å². The number of aromatic nitrogens is 2. The van der Waals surface area contributed by atoms with Gasteiger partial charge in [0.25, 0.3) is 0 Å². The summed E-state index contributed by atoms with van der Waals surface area (Å²) >= 11 is 0. The molecular formula is C32H38N6O2. The minimum absolute atomic E-state index is 0.0232. The van der Waals surface area contributed by atoms with E-state index in [0.29, 0.717) is 38.2 Å². The molecule has 0 saturated carbocycles. The molecule has 1 saturated heterocycles. The van der Waals surface area contributed by atoms with Crippen molar-refractivity contribution in [2.24, 2.45) is 5.73 Å². The Balaban J connectivity index is 1.22. The van der Waals surface area contributed by atoms with E-state index in [1.807, 2.05) is 23.1 Å². The molecule has 8 nitrogen and oxygen atoms in total. The van der Waals surface area contributed by atoms with Crippen molar-refractivity contribution in [2.45, 2.75) is 50.6 Å². The second kappa shape index (κ2) is 12.3. The van der Waals surface area contributed by atoms with Crippen LogP contribution in [0.1, 0.15) is 42.9 Å². The van der Waals surface area contributed by atoms with Crippen LogP contribution in [-0.2, 0) is 22.6 Å². The van der Waals surface area contributed by atoms with E-state index < -0.39 is 0 Å². The molecule has 3 heterocycles. The molecule has 0 aliphatic carbocycles. The second-order valence-electron chi connectivity index (χ2n) is 10.7. The lowest BCUT2D eigenvalue weighted by Gasteiger charge is -2.34. The lowest BCUT2D eigenvalue weighted by molar-refractivity contribution is -0.132. The van der Waals surface area contributed by atoms with Crippen LogP contribution in [0.25, 0.3) is 22.0 Å². The average Bonchev–Trinajstić information content (AvgIpc) is 3.35. The minimum Gasteiger partial charge on any atom is -0.384 e. The molecule has 2 atom stereocenters. The normalized spacial score (nSPS) is 16.1. The van der Waals surface area contributed by atoms with Crippen LogP contribution in [-0.4, -0.2) is 52.4 Å². The van der Waals surface area contributed by atoms with E-state index in [4.69, 9.17) is 11.5 Å². The summed E-state index contributed by atoms with van der Waals surface area (Å²) in [6.45, 7) is 2.04. The summed E-state index contributed by atoms with van der Waals surface area (Å²) in [7, 11) is 1.67. The van der Waals surface area contributed by atoms with Gasteiger partial charge in [-0.15, -0.1) is 0 Å². The smallest absolute Gasteiger partial charge is 0.224 e. The Hall–Kier alpha value is -4.17. The van der Waals surface area contributed by atoms with Crippen LogP contribution < -0.4 is 16.8 Å². The largest absolute Gasteiger partial charge is 0.384 e. The second-order valence-corrected chi connectivity index (χ2v) is 10.7. The highest BCUT2D eigenvalue weighted by Gasteiger charge is 2.28. The van der Waals surface area contributed by atoms with Gasteiger partial charge in [0.2, 0.25) is 11.8 Å². The number of amides is 2. The predicted octanol–water partition coefficient (Wildman–Crippen LogP) is 4.09. The van der Waals surface area contributed by atoms with Crippen molar-refractivity contribution in [3.05, 3.63) is 84.2 Å². The molecule has 4 aromatic rings. The molecule has 1 fully saturated rings. The Morgan fingerprint density at radius 1 is 1.07 bits per heavy atom. The molecule has 1 aliphatic rings. The van der Waals surface area contributed by atoms with Crippen molar-refractivity contribution in [1.29, 1.82) is 0 Å². The zero-order valence-electron chi connectivity index (χ0n) is 23.1. The molecule has 8 heteroatoms. The summed E-state index contributed by atoms with van der Waals surface area (Å²) in [6.07, 6.45) is 5.10. The maximum Gasteiger partial charge on any atom is 0.224 e. The summed E-state index contributed by atoms with van der Waals surface area (Å²) in [5.41, 5.74) is 17.7. The first-order valence-electron chi connectivity index (χ1n) is 14.0. The topological polar surface area (TPSA) is 119 Å². The van der Waals surface area contributed by atoms with E-state index in [1.54, 1.807) is 19.3 Å². The van der Waals surface area contributed by atoms with Crippen molar-refractivity contribution in [3.8, 4) is 11.1 Å². The number of nitrogens with one attached hydrogen (secondary N) is 1. The Bertz CT molecular complexity index is 1460. The predicted molar refractivity (Wildman–Crippen MR) is 160 cm³/mol. The number of anilines is 1. The van der Waals surface area contributed by atoms with Crippen molar-refractivity contribution in [3.63, 3.8) is 0 Å². The van der Waals surface area contributed by atoms with Crippen LogP contribution in [0.5, 0.6) is 0 Å². The van der Waals surface area contributed by atoms with Gasteiger partial charge in [-0.05, 0) is 60.0 Å². The summed E-state index contributed by atoms with van der Waals surface area (Å²) in [6, 6.07) is 22.2. The van der Waals surface area contributed by atoms with Crippen molar-refractivity contribution < 1.29 is 9.59 Å². The number of nitrogens with zero attached hydrogens (tertiary/aromatic N) is 3. The van der Waals surface area contributed by atoms with E-state index in [9.17, 15) is 9.59 Å². The summed E-state index contributed by atoms with van der Waals surface area (Å²) in [4.78, 5) is 31.5. The molecule has 1 unspecified atom stereocenters. The van der Waals surface area contributed by atoms with Crippen molar-refractivity contribution >= 4 is 28.5 Å². The zero-order valence-corrected chi connectivity index (χ0v) is 23.1. The van der Waals surface area contributed by atoms with Crippen LogP contribution in [0, 0.1) is 0 Å². The van der Waals surface area contributed by atoms with E-state index in [-0.39, 0.29) is 23.8 Å². The van der Waals surface area contributed by atoms with E-state index in [1.165, 1.54) is 11.1 Å². The van der Waals surface area contributed by atoms with Gasteiger partial charge in [-0.25, -0.2) is 4.98 Å². The molecule has 5 N–H and O–H groups in total. The number of nitrogens with two attached hydrogens (primary N) is 2. The molecular weight excluding hydrogens is 500 g/mol. The SMILES string of the molecule is CNC(=O)CCn1c(C2CCCN(C(=O)C[C@H](N)Cc3ccc(-c4ccc(N)nc4)cc3)C2)cc2ccccc21. The van der Waals surface area contributed by atoms with Crippen molar-refractivity contribution in [2.75, 3.05) is 25.9 Å². The molecule has 2 amide bonds. The molecule has 1 aliphatic heterocycles. The van der Waals surface area contributed by atoms with Gasteiger partial charge in [0.1, 0.15) is 5.82 Å². The highest BCUT2D eigenvalue weighted by molar-refractivity contribution is 5.82. The Labute approximate surface area is 235 Å². The minimum atomic E-state index is -0.254. The molecule has 5 rings (SSSR count). The van der Waals surface area contributed by atoms with Crippen LogP contribution in [0.4, 0.5) is 5.82 Å². The number of nitrogen functional groups attached to an aromatic ring is 1. The van der Waals surface area contributed by atoms with Gasteiger partial charge in [-0.3, -0.25) is 9.59 Å². The fourth-order valence-electron chi connectivity index (χ4n) is 5.74. The standard InChI is InChI=1S/C32H38N6O2/c1-35-31(39)14-16-38-28-7-3-2-5-24(28)18-29(38)26-6-4-15-37(21-26)32(40)19-27(33)17-22-8-10-23(11-9-22)25-12-13-30(34)36-20-25/h2-3,5,7-13,18,20,26-27H,4,6,14-17,19,21,33H2,1H3,(H2,34,36)(H,35,39)/t26?,27-/m1/s1. The summed E-state index contributed by atoms with van der Waals surface area (Å²) in [5.74, 6) is 0.852. The molecule has 208 valence electrons. The number of fused-ring (bicyclic) bond motifs is 1. The maximum atomic E-state index is 13.3. The average molecular weight is 539 g/mol. The highest BCUT2D eigenvalue weighted by atomic mass is 16.2. The number of carbonyl (C=O) groups is 2. The third-order valence-corrected chi connectivity index (χ3v) is 7.88. The van der Waals surface area contributed by atoms with E-state index in [0.717, 1.165) is 41.6 Å². The molecule has 40 heavy (non-hydrogen) atoms. The fraction of sp³-hybridized carbons (Fsp3) is 0.344. The third kappa shape index (κ3) is 6.34. The molecule has 0 radical (unpaired) electrons. The Kier molecular flexibility index (Phi) is 8.45. The van der Waals surface area contributed by atoms with Gasteiger partial charge >= 0.3 is 0 Å². The van der Waals surface area contributed by atoms with E-state index in [2.05, 4.69) is 57.3 Å².